The molecule has 1 aromatic heterocycles. The van der Waals surface area contributed by atoms with E-state index in [0.717, 1.165) is 26.1 Å². The van der Waals surface area contributed by atoms with E-state index in [1.807, 2.05) is 0 Å². The number of nitrogens with one attached hydrogen (secondary N) is 1. The molecule has 0 amide bonds. The van der Waals surface area contributed by atoms with Crippen LogP contribution < -0.4 is 0 Å². The third-order valence-corrected chi connectivity index (χ3v) is 4.79. The Morgan fingerprint density at radius 2 is 2.06 bits per heavy atom. The van der Waals surface area contributed by atoms with Gasteiger partial charge in [0.05, 0.1) is 12.5 Å². The molecule has 0 aromatic carbocycles. The molecular formula is C10H18N4O2S. The highest BCUT2D eigenvalue weighted by molar-refractivity contribution is 7.89. The normalized spacial score (nSPS) is 19.6. The predicted molar refractivity (Wildman–Crippen MR) is 64.1 cm³/mol. The summed E-state index contributed by atoms with van der Waals surface area (Å²) in [4.78, 5) is 8.70. The molecule has 0 aliphatic carbocycles. The Morgan fingerprint density at radius 3 is 2.59 bits per heavy atom. The van der Waals surface area contributed by atoms with Crippen LogP contribution in [0.25, 0.3) is 0 Å². The first kappa shape index (κ1) is 12.5. The van der Waals surface area contributed by atoms with Crippen LogP contribution in [-0.2, 0) is 10.0 Å². The summed E-state index contributed by atoms with van der Waals surface area (Å²) >= 11 is 0. The molecule has 1 fully saturated rings. The molecule has 0 bridgehead atoms. The van der Waals surface area contributed by atoms with Crippen molar-refractivity contribution in [1.82, 2.24) is 19.2 Å². The van der Waals surface area contributed by atoms with Crippen LogP contribution in [0.1, 0.15) is 13.3 Å². The Bertz CT molecular complexity index is 435. The fraction of sp³-hybridized carbons (Fsp3) is 0.700. The van der Waals surface area contributed by atoms with E-state index < -0.39 is 10.0 Å². The van der Waals surface area contributed by atoms with E-state index in [2.05, 4.69) is 21.8 Å². The minimum atomic E-state index is -3.37. The van der Waals surface area contributed by atoms with E-state index in [-0.39, 0.29) is 5.03 Å². The smallest absolute Gasteiger partial charge is 0.260 e. The lowest BCUT2D eigenvalue weighted by molar-refractivity contribution is 0.188. The minimum Gasteiger partial charge on any atom is -0.335 e. The van der Waals surface area contributed by atoms with Crippen molar-refractivity contribution < 1.29 is 8.42 Å². The summed E-state index contributed by atoms with van der Waals surface area (Å²) in [6.07, 6.45) is 3.85. The summed E-state index contributed by atoms with van der Waals surface area (Å²) in [5, 5.41) is 0.182. The first-order valence-corrected chi connectivity index (χ1v) is 7.29. The van der Waals surface area contributed by atoms with Gasteiger partial charge in [0, 0.05) is 26.2 Å². The number of aromatic amines is 1. The highest BCUT2D eigenvalue weighted by atomic mass is 32.2. The van der Waals surface area contributed by atoms with Crippen molar-refractivity contribution in [2.45, 2.75) is 18.4 Å². The number of sulfonamides is 1. The van der Waals surface area contributed by atoms with Gasteiger partial charge in [-0.05, 0) is 13.0 Å². The summed E-state index contributed by atoms with van der Waals surface area (Å²) in [6, 6.07) is 0. The first-order chi connectivity index (χ1) is 8.14. The van der Waals surface area contributed by atoms with Crippen LogP contribution >= 0.6 is 0 Å². The van der Waals surface area contributed by atoms with Crippen LogP contribution in [0.15, 0.2) is 17.6 Å². The molecule has 2 heterocycles. The summed E-state index contributed by atoms with van der Waals surface area (Å²) in [6.45, 7) is 5.90. The van der Waals surface area contributed by atoms with Gasteiger partial charge in [-0.15, -0.1) is 0 Å². The minimum absolute atomic E-state index is 0.182. The molecule has 96 valence electrons. The topological polar surface area (TPSA) is 69.3 Å². The van der Waals surface area contributed by atoms with Crippen LogP contribution in [0.4, 0.5) is 0 Å². The predicted octanol–water partition coefficient (Wildman–Crippen LogP) is 0.126. The number of H-pyrrole nitrogens is 1. The fourth-order valence-electron chi connectivity index (χ4n) is 2.03. The monoisotopic (exact) mass is 258 g/mol. The van der Waals surface area contributed by atoms with Crippen LogP contribution in [0.3, 0.4) is 0 Å². The Kier molecular flexibility index (Phi) is 3.80. The Morgan fingerprint density at radius 1 is 1.35 bits per heavy atom. The van der Waals surface area contributed by atoms with Gasteiger partial charge in [0.25, 0.3) is 10.0 Å². The lowest BCUT2D eigenvalue weighted by Crippen LogP contribution is -2.48. The molecule has 0 spiro atoms. The molecule has 6 nitrogen and oxygen atoms in total. The lowest BCUT2D eigenvalue weighted by Gasteiger charge is -2.33. The maximum Gasteiger partial charge on any atom is 0.260 e. The molecule has 7 heteroatoms. The number of nitrogens with zero attached hydrogens (tertiary/aromatic N) is 3. The second kappa shape index (κ2) is 5.16. The molecule has 0 radical (unpaired) electrons. The zero-order valence-corrected chi connectivity index (χ0v) is 10.8. The largest absolute Gasteiger partial charge is 0.335 e. The van der Waals surface area contributed by atoms with E-state index >= 15 is 0 Å². The summed E-state index contributed by atoms with van der Waals surface area (Å²) in [7, 11) is -3.37. The molecule has 0 saturated carbocycles. The van der Waals surface area contributed by atoms with Gasteiger partial charge in [-0.1, -0.05) is 6.92 Å². The average molecular weight is 258 g/mol. The van der Waals surface area contributed by atoms with Crippen LogP contribution in [-0.4, -0.2) is 60.3 Å². The Balaban J connectivity index is 2.01. The third kappa shape index (κ3) is 2.67. The standard InChI is InChI=1S/C10H18N4O2S/c1-2-3-13-4-6-14(7-5-13)17(15,16)10-8-11-9-12-10/h8-9H,2-7H2,1H3,(H,11,12). The highest BCUT2D eigenvalue weighted by Gasteiger charge is 2.28. The molecule has 1 saturated heterocycles. The number of aromatic nitrogens is 2. The average Bonchev–Trinajstić information content (AvgIpc) is 2.84. The van der Waals surface area contributed by atoms with Crippen LogP contribution in [0.2, 0.25) is 0 Å². The zero-order chi connectivity index (χ0) is 12.3. The second-order valence-corrected chi connectivity index (χ2v) is 6.07. The van der Waals surface area contributed by atoms with Gasteiger partial charge >= 0.3 is 0 Å². The first-order valence-electron chi connectivity index (χ1n) is 5.85. The quantitative estimate of drug-likeness (QED) is 0.833. The van der Waals surface area contributed by atoms with Crippen molar-refractivity contribution in [3.05, 3.63) is 12.5 Å². The van der Waals surface area contributed by atoms with Crippen molar-refractivity contribution in [3.63, 3.8) is 0 Å². The molecule has 1 aliphatic rings. The maximum atomic E-state index is 12.1. The molecule has 1 aromatic rings. The molecule has 1 N–H and O–H groups in total. The SMILES string of the molecule is CCCN1CCN(S(=O)(=O)c2cnc[nH]2)CC1. The Hall–Kier alpha value is -0.920. The summed E-state index contributed by atoms with van der Waals surface area (Å²) in [5.41, 5.74) is 0. The van der Waals surface area contributed by atoms with Crippen molar-refractivity contribution in [1.29, 1.82) is 0 Å². The summed E-state index contributed by atoms with van der Waals surface area (Å²) in [5.74, 6) is 0. The van der Waals surface area contributed by atoms with E-state index in [9.17, 15) is 8.42 Å². The Labute approximate surface area is 102 Å². The molecule has 2 rings (SSSR count). The van der Waals surface area contributed by atoms with Gasteiger partial charge in [0.1, 0.15) is 0 Å². The van der Waals surface area contributed by atoms with Gasteiger partial charge in [0.15, 0.2) is 5.03 Å². The number of hydrogen-bond acceptors (Lipinski definition) is 4. The molecular weight excluding hydrogens is 240 g/mol. The highest BCUT2D eigenvalue weighted by Crippen LogP contribution is 2.14. The van der Waals surface area contributed by atoms with Crippen molar-refractivity contribution in [2.75, 3.05) is 32.7 Å². The van der Waals surface area contributed by atoms with Gasteiger partial charge in [0.2, 0.25) is 0 Å². The van der Waals surface area contributed by atoms with E-state index in [1.54, 1.807) is 0 Å². The molecule has 0 unspecified atom stereocenters. The van der Waals surface area contributed by atoms with E-state index in [1.165, 1.54) is 16.8 Å². The number of rotatable bonds is 4. The molecule has 0 atom stereocenters. The molecule has 17 heavy (non-hydrogen) atoms. The fourth-order valence-corrected chi connectivity index (χ4v) is 3.35. The van der Waals surface area contributed by atoms with Crippen molar-refractivity contribution in [3.8, 4) is 0 Å². The number of hydrogen-bond donors (Lipinski definition) is 1. The van der Waals surface area contributed by atoms with E-state index in [4.69, 9.17) is 0 Å². The second-order valence-electron chi connectivity index (χ2n) is 4.16. The third-order valence-electron chi connectivity index (χ3n) is 2.96. The summed E-state index contributed by atoms with van der Waals surface area (Å²) < 4.78 is 25.8. The van der Waals surface area contributed by atoms with Gasteiger partial charge in [-0.2, -0.15) is 4.31 Å². The van der Waals surface area contributed by atoms with Gasteiger partial charge in [-0.3, -0.25) is 0 Å². The van der Waals surface area contributed by atoms with Crippen LogP contribution in [0, 0.1) is 0 Å². The molecule has 1 aliphatic heterocycles. The van der Waals surface area contributed by atoms with Gasteiger partial charge in [-0.25, -0.2) is 13.4 Å². The van der Waals surface area contributed by atoms with E-state index in [0.29, 0.717) is 13.1 Å². The number of imidazole rings is 1. The van der Waals surface area contributed by atoms with Crippen LogP contribution in [0.5, 0.6) is 0 Å². The maximum absolute atomic E-state index is 12.1. The van der Waals surface area contributed by atoms with Crippen molar-refractivity contribution >= 4 is 10.0 Å². The lowest BCUT2D eigenvalue weighted by atomic mass is 10.3. The number of piperazine rings is 1. The van der Waals surface area contributed by atoms with Gasteiger partial charge < -0.3 is 9.88 Å². The van der Waals surface area contributed by atoms with Crippen molar-refractivity contribution in [2.24, 2.45) is 0 Å². The zero-order valence-electron chi connectivity index (χ0n) is 9.96.